The Morgan fingerprint density at radius 2 is 2.03 bits per heavy atom. The van der Waals surface area contributed by atoms with Gasteiger partial charge in [-0.05, 0) is 50.8 Å². The van der Waals surface area contributed by atoms with E-state index in [2.05, 4.69) is 11.1 Å². The van der Waals surface area contributed by atoms with Gasteiger partial charge in [-0.3, -0.25) is 4.79 Å². The highest BCUT2D eigenvalue weighted by atomic mass is 32.1. The number of hydrogen-bond donors (Lipinski definition) is 3. The summed E-state index contributed by atoms with van der Waals surface area (Å²) in [5.74, 6) is 0.383. The van der Waals surface area contributed by atoms with Crippen molar-refractivity contribution in [3.63, 3.8) is 0 Å². The summed E-state index contributed by atoms with van der Waals surface area (Å²) in [7, 11) is 0. The summed E-state index contributed by atoms with van der Waals surface area (Å²) >= 11 is 1.67. The molecule has 0 spiro atoms. The number of unbranched alkanes of at least 4 members (excludes halogenated alkanes) is 2. The van der Waals surface area contributed by atoms with E-state index in [4.69, 9.17) is 21.9 Å². The first-order chi connectivity index (χ1) is 14.4. The number of aliphatic imine (C=N–C) groups is 1. The number of primary amides is 1. The molecule has 8 nitrogen and oxygen atoms in total. The van der Waals surface area contributed by atoms with Crippen molar-refractivity contribution in [3.8, 4) is 0 Å². The molecule has 9 heteroatoms. The number of amidine groups is 1. The van der Waals surface area contributed by atoms with Gasteiger partial charge in [0.2, 0.25) is 5.91 Å². The van der Waals surface area contributed by atoms with E-state index < -0.39 is 6.09 Å². The van der Waals surface area contributed by atoms with Gasteiger partial charge < -0.3 is 26.8 Å². The summed E-state index contributed by atoms with van der Waals surface area (Å²) in [6.07, 6.45) is 7.01. The molecule has 0 unspecified atom stereocenters. The lowest BCUT2D eigenvalue weighted by Crippen LogP contribution is -2.35. The van der Waals surface area contributed by atoms with Crippen LogP contribution in [0.5, 0.6) is 0 Å². The van der Waals surface area contributed by atoms with Crippen molar-refractivity contribution in [2.45, 2.75) is 51.9 Å². The van der Waals surface area contributed by atoms with E-state index in [1.54, 1.807) is 16.2 Å². The van der Waals surface area contributed by atoms with E-state index in [1.165, 1.54) is 4.88 Å². The second-order valence-corrected chi connectivity index (χ2v) is 8.49. The molecule has 0 saturated carbocycles. The fourth-order valence-electron chi connectivity index (χ4n) is 3.33. The molecule has 0 atom stereocenters. The first-order valence-electron chi connectivity index (χ1n) is 10.5. The molecule has 0 radical (unpaired) electrons. The summed E-state index contributed by atoms with van der Waals surface area (Å²) < 4.78 is 4.77. The lowest BCUT2D eigenvalue weighted by atomic mass is 10.1. The van der Waals surface area contributed by atoms with Crippen LogP contribution >= 0.6 is 11.3 Å². The summed E-state index contributed by atoms with van der Waals surface area (Å²) in [4.78, 5) is 32.4. The zero-order chi connectivity index (χ0) is 21.9. The minimum absolute atomic E-state index is 0.0557. The van der Waals surface area contributed by atoms with E-state index in [0.29, 0.717) is 37.3 Å². The number of carbonyl (C=O) groups is 2. The molecule has 2 heterocycles. The van der Waals surface area contributed by atoms with Gasteiger partial charge in [-0.1, -0.05) is 13.3 Å². The van der Waals surface area contributed by atoms with Gasteiger partial charge in [0.05, 0.1) is 17.2 Å². The Balaban J connectivity index is 2.10. The van der Waals surface area contributed by atoms with Crippen LogP contribution in [0.3, 0.4) is 0 Å². The topological polar surface area (TPSA) is 137 Å². The highest BCUT2D eigenvalue weighted by Gasteiger charge is 2.22. The maximum atomic E-state index is 13.2. The molecule has 6 N–H and O–H groups in total. The molecule has 0 fully saturated rings. The molecule has 2 rings (SSSR count). The van der Waals surface area contributed by atoms with E-state index in [1.807, 2.05) is 13.0 Å². The van der Waals surface area contributed by atoms with E-state index in [0.717, 1.165) is 49.2 Å². The quantitative estimate of drug-likeness (QED) is 0.434. The summed E-state index contributed by atoms with van der Waals surface area (Å²) in [6, 6.07) is 2.07. The first-order valence-corrected chi connectivity index (χ1v) is 11.3. The summed E-state index contributed by atoms with van der Waals surface area (Å²) in [6.45, 7) is 4.03. The van der Waals surface area contributed by atoms with E-state index >= 15 is 0 Å². The number of amides is 2. The molecule has 1 aromatic heterocycles. The average molecular weight is 436 g/mol. The zero-order valence-electron chi connectivity index (χ0n) is 17.7. The number of thiophene rings is 1. The molecule has 0 saturated heterocycles. The van der Waals surface area contributed by atoms with Gasteiger partial charge in [0.1, 0.15) is 5.84 Å². The normalized spacial score (nSPS) is 13.1. The van der Waals surface area contributed by atoms with Crippen molar-refractivity contribution in [1.29, 1.82) is 0 Å². The van der Waals surface area contributed by atoms with Gasteiger partial charge in [0.25, 0.3) is 0 Å². The predicted octanol–water partition coefficient (Wildman–Crippen LogP) is 2.92. The van der Waals surface area contributed by atoms with E-state index in [9.17, 15) is 9.59 Å². The minimum Gasteiger partial charge on any atom is -0.450 e. The number of nitrogens with two attached hydrogens (primary N) is 3. The van der Waals surface area contributed by atoms with Crippen LogP contribution in [0.25, 0.3) is 6.08 Å². The number of fused-ring (bicyclic) bond motifs is 1. The van der Waals surface area contributed by atoms with Crippen LogP contribution in [0, 0.1) is 0 Å². The number of hydrogen-bond acceptors (Lipinski definition) is 7. The minimum atomic E-state index is -0.803. The van der Waals surface area contributed by atoms with Crippen LogP contribution < -0.4 is 17.2 Å². The Hall–Kier alpha value is -2.39. The molecule has 0 aliphatic carbocycles. The van der Waals surface area contributed by atoms with Crippen molar-refractivity contribution >= 4 is 40.9 Å². The van der Waals surface area contributed by atoms with Crippen LogP contribution in [-0.2, 0) is 16.0 Å². The number of rotatable bonds is 12. The number of carbonyl (C=O) groups excluding carboxylic acids is 2. The summed E-state index contributed by atoms with van der Waals surface area (Å²) in [5.41, 5.74) is 18.1. The molecule has 1 aliphatic heterocycles. The molecular weight excluding hydrogens is 402 g/mol. The molecule has 30 heavy (non-hydrogen) atoms. The maximum absolute atomic E-state index is 13.2. The fourth-order valence-corrected chi connectivity index (χ4v) is 4.44. The third-order valence-electron chi connectivity index (χ3n) is 4.73. The van der Waals surface area contributed by atoms with Crippen molar-refractivity contribution in [2.24, 2.45) is 22.2 Å². The van der Waals surface area contributed by atoms with Gasteiger partial charge in [0, 0.05) is 30.0 Å². The second kappa shape index (κ2) is 12.3. The van der Waals surface area contributed by atoms with Gasteiger partial charge in [-0.25, -0.2) is 9.79 Å². The molecular formula is C21H33N5O3S. The van der Waals surface area contributed by atoms with Crippen LogP contribution in [-0.4, -0.2) is 49.0 Å². The Bertz CT molecular complexity index is 788. The van der Waals surface area contributed by atoms with Crippen molar-refractivity contribution in [3.05, 3.63) is 21.4 Å². The van der Waals surface area contributed by atoms with Crippen LogP contribution in [0.4, 0.5) is 10.5 Å². The SMILES string of the molecule is CCCN(CCCOC(N)=O)C(=O)C1=Cc2sc(CCCCCN)cc2N=C(N)C1. The van der Waals surface area contributed by atoms with Crippen LogP contribution in [0.15, 0.2) is 16.6 Å². The van der Waals surface area contributed by atoms with Gasteiger partial charge in [-0.2, -0.15) is 0 Å². The smallest absolute Gasteiger partial charge is 0.404 e. The highest BCUT2D eigenvalue weighted by molar-refractivity contribution is 7.13. The van der Waals surface area contributed by atoms with Crippen LogP contribution in [0.1, 0.15) is 55.2 Å². The standard InChI is InChI=1S/C21H33N5O3S/c1-2-9-26(10-6-11-29-21(24)28)20(27)15-12-18-17(25-19(23)13-15)14-16(30-18)7-4-3-5-8-22/h12,14H,2-11,13,22H2,1H3,(H2,23,25)(H2,24,28). The largest absolute Gasteiger partial charge is 0.450 e. The Morgan fingerprint density at radius 1 is 1.23 bits per heavy atom. The monoisotopic (exact) mass is 435 g/mol. The molecule has 0 bridgehead atoms. The van der Waals surface area contributed by atoms with Gasteiger partial charge >= 0.3 is 6.09 Å². The molecule has 1 aromatic rings. The fraction of sp³-hybridized carbons (Fsp3) is 0.571. The van der Waals surface area contributed by atoms with E-state index in [-0.39, 0.29) is 12.5 Å². The third kappa shape index (κ3) is 7.46. The Morgan fingerprint density at radius 3 is 2.73 bits per heavy atom. The van der Waals surface area contributed by atoms with Crippen molar-refractivity contribution in [2.75, 3.05) is 26.2 Å². The number of nitrogens with zero attached hydrogens (tertiary/aromatic N) is 2. The van der Waals surface area contributed by atoms with Crippen molar-refractivity contribution < 1.29 is 14.3 Å². The summed E-state index contributed by atoms with van der Waals surface area (Å²) in [5, 5.41) is 0. The lowest BCUT2D eigenvalue weighted by molar-refractivity contribution is -0.127. The number of ether oxygens (including phenoxy) is 1. The van der Waals surface area contributed by atoms with Gasteiger partial charge in [0.15, 0.2) is 0 Å². The highest BCUT2D eigenvalue weighted by Crippen LogP contribution is 2.35. The maximum Gasteiger partial charge on any atom is 0.404 e. The molecule has 0 aromatic carbocycles. The molecule has 1 aliphatic rings. The predicted molar refractivity (Wildman–Crippen MR) is 122 cm³/mol. The zero-order valence-corrected chi connectivity index (χ0v) is 18.5. The Kier molecular flexibility index (Phi) is 9.82. The molecule has 166 valence electrons. The van der Waals surface area contributed by atoms with Crippen LogP contribution in [0.2, 0.25) is 0 Å². The Labute approximate surface area is 182 Å². The van der Waals surface area contributed by atoms with Gasteiger partial charge in [-0.15, -0.1) is 11.3 Å². The van der Waals surface area contributed by atoms with Crippen molar-refractivity contribution in [1.82, 2.24) is 4.90 Å². The molecule has 2 amide bonds. The first kappa shape index (κ1) is 23.9. The lowest BCUT2D eigenvalue weighted by Gasteiger charge is -2.23. The average Bonchev–Trinajstić information content (AvgIpc) is 2.99. The number of aryl methyl sites for hydroxylation is 1. The second-order valence-electron chi connectivity index (χ2n) is 7.32. The third-order valence-corrected chi connectivity index (χ3v) is 5.86.